The maximum atomic E-state index is 13.9. The second kappa shape index (κ2) is 8.41. The van der Waals surface area contributed by atoms with Gasteiger partial charge in [-0.3, -0.25) is 0 Å². The molecule has 3 N–H and O–H groups in total. The first-order valence-electron chi connectivity index (χ1n) is 8.96. The summed E-state index contributed by atoms with van der Waals surface area (Å²) in [7, 11) is -3.66. The van der Waals surface area contributed by atoms with Gasteiger partial charge in [-0.2, -0.15) is 0 Å². The molecule has 4 nitrogen and oxygen atoms in total. The third kappa shape index (κ3) is 4.53. The van der Waals surface area contributed by atoms with Crippen molar-refractivity contribution in [3.05, 3.63) is 89.0 Å². The Labute approximate surface area is 168 Å². The number of benzene rings is 3. The summed E-state index contributed by atoms with van der Waals surface area (Å²) in [6.07, 6.45) is 0. The molecule has 0 saturated heterocycles. The zero-order valence-electron chi connectivity index (χ0n) is 15.8. The molecule has 0 spiro atoms. The Morgan fingerprint density at radius 3 is 2.34 bits per heavy atom. The van der Waals surface area contributed by atoms with Crippen LogP contribution in [-0.4, -0.2) is 20.1 Å². The van der Waals surface area contributed by atoms with Crippen LogP contribution in [0, 0.1) is 18.6 Å². The monoisotopic (exact) mass is 417 g/mol. The smallest absolute Gasteiger partial charge is 0.182 e. The summed E-state index contributed by atoms with van der Waals surface area (Å²) in [6, 6.07) is 13.7. The van der Waals surface area contributed by atoms with E-state index >= 15 is 0 Å². The van der Waals surface area contributed by atoms with Gasteiger partial charge in [0.25, 0.3) is 0 Å². The molecule has 3 aromatic rings. The molecule has 3 rings (SSSR count). The van der Waals surface area contributed by atoms with Gasteiger partial charge in [0, 0.05) is 11.6 Å². The maximum Gasteiger partial charge on any atom is 0.182 e. The fourth-order valence-electron chi connectivity index (χ4n) is 3.21. The van der Waals surface area contributed by atoms with Crippen molar-refractivity contribution in [2.24, 2.45) is 5.73 Å². The predicted molar refractivity (Wildman–Crippen MR) is 108 cm³/mol. The minimum absolute atomic E-state index is 0.0972. The predicted octanol–water partition coefficient (Wildman–Crippen LogP) is 3.91. The number of nitrogens with two attached hydrogens (primary N) is 1. The van der Waals surface area contributed by atoms with Gasteiger partial charge in [-0.05, 0) is 53.4 Å². The van der Waals surface area contributed by atoms with E-state index in [1.807, 2.05) is 0 Å². The van der Waals surface area contributed by atoms with E-state index in [4.69, 9.17) is 5.73 Å². The van der Waals surface area contributed by atoms with Crippen LogP contribution in [0.15, 0.2) is 65.6 Å². The third-order valence-corrected chi connectivity index (χ3v) is 6.57. The molecule has 0 unspecified atom stereocenters. The van der Waals surface area contributed by atoms with Gasteiger partial charge in [-0.1, -0.05) is 30.3 Å². The molecular formula is C22H21F2NO3S. The number of rotatable bonds is 6. The van der Waals surface area contributed by atoms with E-state index in [2.05, 4.69) is 0 Å². The van der Waals surface area contributed by atoms with Crippen LogP contribution in [0.4, 0.5) is 8.78 Å². The zero-order chi connectivity index (χ0) is 21.2. The van der Waals surface area contributed by atoms with Gasteiger partial charge < -0.3 is 10.8 Å². The topological polar surface area (TPSA) is 80.4 Å². The zero-order valence-corrected chi connectivity index (χ0v) is 16.6. The number of halogens is 2. The molecule has 29 heavy (non-hydrogen) atoms. The van der Waals surface area contributed by atoms with Gasteiger partial charge in [0.1, 0.15) is 11.6 Å². The summed E-state index contributed by atoms with van der Waals surface area (Å²) in [5.41, 5.74) is 8.54. The Bertz CT molecular complexity index is 1130. The Hall–Kier alpha value is -2.61. The summed E-state index contributed by atoms with van der Waals surface area (Å²) in [5.74, 6) is -1.62. The third-order valence-electron chi connectivity index (χ3n) is 4.89. The van der Waals surface area contributed by atoms with E-state index in [9.17, 15) is 22.3 Å². The molecule has 7 heteroatoms. The largest absolute Gasteiger partial charge is 0.394 e. The lowest BCUT2D eigenvalue weighted by Crippen LogP contribution is -2.17. The Morgan fingerprint density at radius 1 is 1.03 bits per heavy atom. The molecule has 0 heterocycles. The van der Waals surface area contributed by atoms with Crippen LogP contribution >= 0.6 is 0 Å². The van der Waals surface area contributed by atoms with E-state index < -0.39 is 27.5 Å². The number of aliphatic hydroxyl groups is 1. The van der Waals surface area contributed by atoms with Crippen molar-refractivity contribution >= 4 is 9.84 Å². The fraction of sp³-hybridized carbons (Fsp3) is 0.182. The fourth-order valence-corrected chi connectivity index (χ4v) is 4.65. The summed E-state index contributed by atoms with van der Waals surface area (Å²) >= 11 is 0. The van der Waals surface area contributed by atoms with Crippen LogP contribution in [0.1, 0.15) is 22.7 Å². The summed E-state index contributed by atoms with van der Waals surface area (Å²) < 4.78 is 52.8. The molecule has 0 aromatic heterocycles. The molecule has 3 aromatic carbocycles. The number of aliphatic hydroxyl groups excluding tert-OH is 1. The van der Waals surface area contributed by atoms with Crippen molar-refractivity contribution in [2.45, 2.75) is 23.6 Å². The quantitative estimate of drug-likeness (QED) is 0.637. The van der Waals surface area contributed by atoms with E-state index in [0.29, 0.717) is 16.7 Å². The van der Waals surface area contributed by atoms with E-state index in [0.717, 1.165) is 17.7 Å². The van der Waals surface area contributed by atoms with E-state index in [1.165, 1.54) is 30.3 Å². The minimum atomic E-state index is -3.66. The molecule has 0 aliphatic rings. The standard InChI is InChI=1S/C22H21F2NO3S/c1-14-16(3-2-4-19(14)22(25)12-26)13-29(27,28)18-8-5-15(6-9-18)20-10-7-17(23)11-21(20)24/h2-11,22,26H,12-13,25H2,1H3/t22-/m1/s1. The summed E-state index contributed by atoms with van der Waals surface area (Å²) in [4.78, 5) is 0.0972. The Balaban J connectivity index is 1.89. The summed E-state index contributed by atoms with van der Waals surface area (Å²) in [5, 5.41) is 9.28. The lowest BCUT2D eigenvalue weighted by atomic mass is 9.98. The van der Waals surface area contributed by atoms with Gasteiger partial charge in [-0.15, -0.1) is 0 Å². The SMILES string of the molecule is Cc1c(CS(=O)(=O)c2ccc(-c3ccc(F)cc3F)cc2)cccc1[C@H](N)CO. The van der Waals surface area contributed by atoms with Gasteiger partial charge in [0.15, 0.2) is 9.84 Å². The molecule has 0 aliphatic heterocycles. The molecule has 0 saturated carbocycles. The lowest BCUT2D eigenvalue weighted by molar-refractivity contribution is 0.267. The molecular weight excluding hydrogens is 396 g/mol. The summed E-state index contributed by atoms with van der Waals surface area (Å²) in [6.45, 7) is 1.54. The van der Waals surface area contributed by atoms with Crippen LogP contribution < -0.4 is 5.73 Å². The first-order valence-corrected chi connectivity index (χ1v) is 10.6. The molecule has 0 bridgehead atoms. The molecule has 152 valence electrons. The Morgan fingerprint density at radius 2 is 1.72 bits per heavy atom. The highest BCUT2D eigenvalue weighted by Crippen LogP contribution is 2.27. The average Bonchev–Trinajstić information content (AvgIpc) is 2.69. The highest BCUT2D eigenvalue weighted by Gasteiger charge is 2.19. The van der Waals surface area contributed by atoms with E-state index in [1.54, 1.807) is 25.1 Å². The molecule has 1 atom stereocenters. The first-order chi connectivity index (χ1) is 13.7. The van der Waals surface area contributed by atoms with Crippen molar-refractivity contribution in [2.75, 3.05) is 6.61 Å². The molecule has 0 fully saturated rings. The van der Waals surface area contributed by atoms with Crippen molar-refractivity contribution in [3.8, 4) is 11.1 Å². The van der Waals surface area contributed by atoms with Gasteiger partial charge >= 0.3 is 0 Å². The van der Waals surface area contributed by atoms with Crippen LogP contribution in [0.2, 0.25) is 0 Å². The van der Waals surface area contributed by atoms with Crippen LogP contribution in [0.3, 0.4) is 0 Å². The van der Waals surface area contributed by atoms with Gasteiger partial charge in [0.2, 0.25) is 0 Å². The Kier molecular flexibility index (Phi) is 6.12. The van der Waals surface area contributed by atoms with Crippen LogP contribution in [0.5, 0.6) is 0 Å². The maximum absolute atomic E-state index is 13.9. The van der Waals surface area contributed by atoms with Gasteiger partial charge in [0.05, 0.1) is 23.3 Å². The highest BCUT2D eigenvalue weighted by molar-refractivity contribution is 7.90. The second-order valence-corrected chi connectivity index (χ2v) is 8.82. The first kappa shape index (κ1) is 21.1. The second-order valence-electron chi connectivity index (χ2n) is 6.83. The number of hydrogen-bond donors (Lipinski definition) is 2. The normalized spacial score (nSPS) is 12.7. The molecule has 0 amide bonds. The van der Waals surface area contributed by atoms with Crippen molar-refractivity contribution in [1.82, 2.24) is 0 Å². The van der Waals surface area contributed by atoms with Crippen LogP contribution in [-0.2, 0) is 15.6 Å². The van der Waals surface area contributed by atoms with Gasteiger partial charge in [-0.25, -0.2) is 17.2 Å². The molecule has 0 radical (unpaired) electrons. The average molecular weight is 417 g/mol. The number of sulfone groups is 1. The van der Waals surface area contributed by atoms with Crippen molar-refractivity contribution < 1.29 is 22.3 Å². The highest BCUT2D eigenvalue weighted by atomic mass is 32.2. The number of hydrogen-bond acceptors (Lipinski definition) is 4. The van der Waals surface area contributed by atoms with Crippen molar-refractivity contribution in [3.63, 3.8) is 0 Å². The lowest BCUT2D eigenvalue weighted by Gasteiger charge is -2.16. The van der Waals surface area contributed by atoms with Crippen LogP contribution in [0.25, 0.3) is 11.1 Å². The minimum Gasteiger partial charge on any atom is -0.394 e. The molecule has 0 aliphatic carbocycles. The van der Waals surface area contributed by atoms with E-state index in [-0.39, 0.29) is 22.8 Å². The van der Waals surface area contributed by atoms with Crippen molar-refractivity contribution in [1.29, 1.82) is 0 Å².